The van der Waals surface area contributed by atoms with Crippen LogP contribution in [0.15, 0.2) is 60.7 Å². The van der Waals surface area contributed by atoms with Gasteiger partial charge in [0.25, 0.3) is 0 Å². The molecule has 0 saturated heterocycles. The van der Waals surface area contributed by atoms with E-state index >= 15 is 0 Å². The van der Waals surface area contributed by atoms with Crippen molar-refractivity contribution in [1.82, 2.24) is 5.32 Å². The molecule has 2 rings (SSSR count). The molecule has 0 unspecified atom stereocenters. The fourth-order valence-electron chi connectivity index (χ4n) is 1.98. The van der Waals surface area contributed by atoms with Crippen molar-refractivity contribution in [3.63, 3.8) is 0 Å². The number of carbonyl (C=O) groups is 1. The number of rotatable bonds is 5. The first-order valence-corrected chi connectivity index (χ1v) is 10.4. The van der Waals surface area contributed by atoms with E-state index in [2.05, 4.69) is 18.4 Å². The first kappa shape index (κ1) is 16.3. The van der Waals surface area contributed by atoms with Crippen molar-refractivity contribution in [2.24, 2.45) is 0 Å². The number of para-hydroxylation sites is 2. The second-order valence-corrected chi connectivity index (χ2v) is 9.91. The Morgan fingerprint density at radius 1 is 1.00 bits per heavy atom. The Labute approximate surface area is 132 Å². The van der Waals surface area contributed by atoms with Gasteiger partial charge in [-0.25, -0.2) is 4.79 Å². The number of nitrogens with zero attached hydrogens (tertiary/aromatic N) is 1. The molecule has 0 atom stereocenters. The maximum absolute atomic E-state index is 12.7. The molecule has 2 aromatic rings. The lowest BCUT2D eigenvalue weighted by molar-refractivity contribution is 0.249. The minimum Gasteiger partial charge on any atom is -0.419 e. The fraction of sp³-hybridized carbons (Fsp3) is 0.235. The summed E-state index contributed by atoms with van der Waals surface area (Å²) in [6.45, 7) is 4.14. The third kappa shape index (κ3) is 4.19. The highest BCUT2D eigenvalue weighted by atomic mass is 28.4. The topological polar surface area (TPSA) is 41.6 Å². The predicted molar refractivity (Wildman–Crippen MR) is 92.9 cm³/mol. The van der Waals surface area contributed by atoms with Gasteiger partial charge in [-0.05, 0) is 37.4 Å². The number of carbonyl (C=O) groups excluding carboxylic acids is 1. The number of anilines is 2. The smallest absolute Gasteiger partial charge is 0.326 e. The van der Waals surface area contributed by atoms with Crippen molar-refractivity contribution in [2.45, 2.75) is 13.1 Å². The lowest BCUT2D eigenvalue weighted by Gasteiger charge is -2.26. The normalized spacial score (nSPS) is 11.0. The molecule has 0 spiro atoms. The van der Waals surface area contributed by atoms with E-state index < -0.39 is 8.32 Å². The van der Waals surface area contributed by atoms with Crippen LogP contribution < -0.4 is 10.2 Å². The summed E-state index contributed by atoms with van der Waals surface area (Å²) in [6.07, 6.45) is 0.568. The predicted octanol–water partition coefficient (Wildman–Crippen LogP) is 3.93. The van der Waals surface area contributed by atoms with E-state index in [1.807, 2.05) is 60.7 Å². The summed E-state index contributed by atoms with van der Waals surface area (Å²) in [7, 11) is -0.147. The molecule has 2 aromatic carbocycles. The van der Waals surface area contributed by atoms with E-state index in [1.54, 1.807) is 12.0 Å². The third-order valence-electron chi connectivity index (χ3n) is 3.45. The van der Waals surface area contributed by atoms with E-state index in [-0.39, 0.29) is 6.03 Å². The Morgan fingerprint density at radius 2 is 1.45 bits per heavy atom. The molecule has 0 aliphatic heterocycles. The standard InChI is InChI=1S/C17H22N2O2Si/c1-21-22(2,3)14-18-17(20)19(15-10-6-4-7-11-15)16-12-8-5-9-13-16/h4-13H,14H2,1-3H3,(H,18,20). The fourth-order valence-corrected chi connectivity index (χ4v) is 2.70. The Bertz CT molecular complexity index is 563. The quantitative estimate of drug-likeness (QED) is 0.850. The molecule has 0 heterocycles. The number of amides is 2. The van der Waals surface area contributed by atoms with Crippen LogP contribution in [0.2, 0.25) is 13.1 Å². The number of nitrogens with one attached hydrogen (secondary N) is 1. The van der Waals surface area contributed by atoms with Gasteiger partial charge in [0.05, 0.1) is 11.4 Å². The van der Waals surface area contributed by atoms with E-state index in [0.29, 0.717) is 6.17 Å². The van der Waals surface area contributed by atoms with Crippen LogP contribution >= 0.6 is 0 Å². The lowest BCUT2D eigenvalue weighted by Crippen LogP contribution is -2.47. The molecule has 5 heteroatoms. The molecule has 0 saturated carbocycles. The molecule has 0 aromatic heterocycles. The van der Waals surface area contributed by atoms with Gasteiger partial charge in [-0.2, -0.15) is 0 Å². The molecule has 22 heavy (non-hydrogen) atoms. The zero-order valence-corrected chi connectivity index (χ0v) is 14.2. The van der Waals surface area contributed by atoms with Gasteiger partial charge in [0.1, 0.15) is 0 Å². The van der Waals surface area contributed by atoms with Gasteiger partial charge in [-0.15, -0.1) is 0 Å². The number of urea groups is 1. The van der Waals surface area contributed by atoms with Crippen molar-refractivity contribution in [3.05, 3.63) is 60.7 Å². The second-order valence-electron chi connectivity index (χ2n) is 5.63. The molecule has 0 radical (unpaired) electrons. The van der Waals surface area contributed by atoms with Gasteiger partial charge < -0.3 is 9.74 Å². The monoisotopic (exact) mass is 314 g/mol. The molecule has 116 valence electrons. The second kappa shape index (κ2) is 7.24. The average Bonchev–Trinajstić information content (AvgIpc) is 2.55. The van der Waals surface area contributed by atoms with Crippen molar-refractivity contribution in [1.29, 1.82) is 0 Å². The first-order chi connectivity index (χ1) is 10.5. The molecule has 0 fully saturated rings. The minimum atomic E-state index is -1.85. The highest BCUT2D eigenvalue weighted by Crippen LogP contribution is 2.24. The van der Waals surface area contributed by atoms with Crippen molar-refractivity contribution >= 4 is 25.7 Å². The van der Waals surface area contributed by atoms with Crippen LogP contribution in [0, 0.1) is 0 Å². The van der Waals surface area contributed by atoms with Gasteiger partial charge in [0.2, 0.25) is 8.32 Å². The third-order valence-corrected chi connectivity index (χ3v) is 5.58. The maximum Gasteiger partial charge on any atom is 0.326 e. The summed E-state index contributed by atoms with van der Waals surface area (Å²) in [5, 5.41) is 2.99. The van der Waals surface area contributed by atoms with Crippen molar-refractivity contribution < 1.29 is 9.22 Å². The minimum absolute atomic E-state index is 0.143. The van der Waals surface area contributed by atoms with Crippen LogP contribution in [0.5, 0.6) is 0 Å². The summed E-state index contributed by atoms with van der Waals surface area (Å²) in [4.78, 5) is 14.4. The Kier molecular flexibility index (Phi) is 5.35. The molecule has 0 aliphatic carbocycles. The highest BCUT2D eigenvalue weighted by molar-refractivity contribution is 6.71. The number of hydrogen-bond acceptors (Lipinski definition) is 2. The summed E-state index contributed by atoms with van der Waals surface area (Å²) in [5.41, 5.74) is 1.67. The summed E-state index contributed by atoms with van der Waals surface area (Å²) >= 11 is 0. The van der Waals surface area contributed by atoms with E-state index in [9.17, 15) is 4.79 Å². The molecular weight excluding hydrogens is 292 g/mol. The van der Waals surface area contributed by atoms with Crippen LogP contribution in [-0.2, 0) is 4.43 Å². The molecule has 1 N–H and O–H groups in total. The molecule has 0 bridgehead atoms. The Balaban J connectivity index is 2.24. The van der Waals surface area contributed by atoms with Crippen LogP contribution in [0.3, 0.4) is 0 Å². The lowest BCUT2D eigenvalue weighted by atomic mass is 10.2. The summed E-state index contributed by atoms with van der Waals surface area (Å²) in [6, 6.07) is 19.1. The van der Waals surface area contributed by atoms with Gasteiger partial charge >= 0.3 is 6.03 Å². The van der Waals surface area contributed by atoms with E-state index in [4.69, 9.17) is 4.43 Å². The van der Waals surface area contributed by atoms with Gasteiger partial charge in [0, 0.05) is 13.3 Å². The number of hydrogen-bond donors (Lipinski definition) is 1. The largest absolute Gasteiger partial charge is 0.419 e. The zero-order chi connectivity index (χ0) is 16.0. The summed E-state index contributed by atoms with van der Waals surface area (Å²) in [5.74, 6) is 0. The maximum atomic E-state index is 12.7. The Morgan fingerprint density at radius 3 is 1.86 bits per heavy atom. The first-order valence-electron chi connectivity index (χ1n) is 7.27. The highest BCUT2D eigenvalue weighted by Gasteiger charge is 2.24. The van der Waals surface area contributed by atoms with E-state index in [0.717, 1.165) is 11.4 Å². The zero-order valence-electron chi connectivity index (χ0n) is 13.2. The SMILES string of the molecule is CO[Si](C)(C)CNC(=O)N(c1ccccc1)c1ccccc1. The van der Waals surface area contributed by atoms with Crippen LogP contribution in [0.25, 0.3) is 0 Å². The summed E-state index contributed by atoms with van der Waals surface area (Å²) < 4.78 is 5.48. The van der Waals surface area contributed by atoms with Gasteiger partial charge in [-0.1, -0.05) is 36.4 Å². The van der Waals surface area contributed by atoms with Crippen LogP contribution in [0.1, 0.15) is 0 Å². The molecular formula is C17H22N2O2Si. The number of benzene rings is 2. The van der Waals surface area contributed by atoms with Gasteiger partial charge in [-0.3, -0.25) is 4.90 Å². The molecule has 0 aliphatic rings. The molecule has 4 nitrogen and oxygen atoms in total. The van der Waals surface area contributed by atoms with E-state index in [1.165, 1.54) is 0 Å². The van der Waals surface area contributed by atoms with Crippen molar-refractivity contribution in [2.75, 3.05) is 18.2 Å². The van der Waals surface area contributed by atoms with Crippen molar-refractivity contribution in [3.8, 4) is 0 Å². The van der Waals surface area contributed by atoms with Crippen LogP contribution in [0.4, 0.5) is 16.2 Å². The van der Waals surface area contributed by atoms with Gasteiger partial charge in [0.15, 0.2) is 0 Å². The van der Waals surface area contributed by atoms with Crippen LogP contribution in [-0.4, -0.2) is 27.6 Å². The average molecular weight is 314 g/mol. The Hall–Kier alpha value is -2.11. The molecule has 2 amide bonds.